The van der Waals surface area contributed by atoms with Crippen molar-refractivity contribution in [2.24, 2.45) is 0 Å². The highest BCUT2D eigenvalue weighted by Gasteiger charge is 2.49. The molecule has 2 aliphatic heterocycles. The number of hydrogen-bond acceptors (Lipinski definition) is 8. The molecule has 20 heavy (non-hydrogen) atoms. The van der Waals surface area contributed by atoms with Crippen molar-refractivity contribution in [1.29, 1.82) is 0 Å². The number of nitrogens with one attached hydrogen (secondary N) is 2. The fourth-order valence-electron chi connectivity index (χ4n) is 2.06. The van der Waals surface area contributed by atoms with Gasteiger partial charge in [0.2, 0.25) is 23.4 Å². The second kappa shape index (κ2) is 3.59. The fourth-order valence-corrected chi connectivity index (χ4v) is 2.06. The molecule has 0 fully saturated rings. The van der Waals surface area contributed by atoms with E-state index in [4.69, 9.17) is 0 Å². The largest absolute Gasteiger partial charge is 0.739 e. The smallest absolute Gasteiger partial charge is 0.367 e. The zero-order chi connectivity index (χ0) is 14.6. The molecule has 0 aliphatic carbocycles. The van der Waals surface area contributed by atoms with Crippen molar-refractivity contribution >= 4 is 23.3 Å². The Hall–Kier alpha value is -3.32. The van der Waals surface area contributed by atoms with Gasteiger partial charge in [0, 0.05) is 10.0 Å². The standard InChI is InChI=1S/C6H6N8O6/c15-11-3-5(9(1-7-3)13(17)18)12(16)4-6(11)10(2-8-4)14(19)20/h7-8H,1-2H2. The lowest BCUT2D eigenvalue weighted by atomic mass is 10.5. The molecule has 1 aromatic rings. The molecule has 0 unspecified atom stereocenters. The van der Waals surface area contributed by atoms with Gasteiger partial charge in [-0.3, -0.25) is 10.6 Å². The molecule has 1 aromatic heterocycles. The van der Waals surface area contributed by atoms with Crippen molar-refractivity contribution in [3.63, 3.8) is 0 Å². The Morgan fingerprint density at radius 3 is 1.55 bits per heavy atom. The minimum atomic E-state index is -0.861. The van der Waals surface area contributed by atoms with Crippen LogP contribution in [0.1, 0.15) is 0 Å². The Morgan fingerprint density at radius 2 is 1.25 bits per heavy atom. The minimum absolute atomic E-state index is 0.0887. The highest BCUT2D eigenvalue weighted by molar-refractivity contribution is 5.66. The molecule has 0 saturated carbocycles. The summed E-state index contributed by atoms with van der Waals surface area (Å²) in [5.74, 6) is -1.88. The number of nitro groups is 2. The van der Waals surface area contributed by atoms with Crippen LogP contribution in [0.2, 0.25) is 0 Å². The number of aromatic nitrogens is 2. The van der Waals surface area contributed by atoms with E-state index in [2.05, 4.69) is 10.6 Å². The summed E-state index contributed by atoms with van der Waals surface area (Å²) in [6, 6.07) is 0. The van der Waals surface area contributed by atoms with E-state index in [1.807, 2.05) is 0 Å². The average molecular weight is 286 g/mol. The SMILES string of the molecule is O=[N+]([O-])N1CNc2c1[n+]([O-])c1c([n+]2[O-])N([N+](=O)[O-])CN1. The first-order chi connectivity index (χ1) is 9.43. The minimum Gasteiger partial charge on any atom is -0.739 e. The first-order valence-electron chi connectivity index (χ1n) is 5.18. The molecule has 2 N–H and O–H groups in total. The highest BCUT2D eigenvalue weighted by Crippen LogP contribution is 2.32. The molecule has 0 aromatic carbocycles. The van der Waals surface area contributed by atoms with Crippen LogP contribution >= 0.6 is 0 Å². The zero-order valence-electron chi connectivity index (χ0n) is 9.55. The van der Waals surface area contributed by atoms with Crippen LogP contribution in [0.15, 0.2) is 0 Å². The fraction of sp³-hybridized carbons (Fsp3) is 0.333. The molecule has 106 valence electrons. The third-order valence-corrected chi connectivity index (χ3v) is 2.89. The second-order valence-corrected chi connectivity index (χ2v) is 3.88. The Bertz CT molecular complexity index is 591. The molecule has 2 aliphatic rings. The van der Waals surface area contributed by atoms with Gasteiger partial charge in [0.05, 0.1) is 0 Å². The maximum absolute atomic E-state index is 12.1. The predicted molar refractivity (Wildman–Crippen MR) is 60.3 cm³/mol. The quantitative estimate of drug-likeness (QED) is 0.261. The summed E-state index contributed by atoms with van der Waals surface area (Å²) in [4.78, 5) is 21.6. The average Bonchev–Trinajstić information content (AvgIpc) is 3.00. The van der Waals surface area contributed by atoms with Gasteiger partial charge in [-0.05, 0) is 0 Å². The van der Waals surface area contributed by atoms with Crippen molar-refractivity contribution in [2.75, 3.05) is 34.0 Å². The summed E-state index contributed by atoms with van der Waals surface area (Å²) >= 11 is 0. The predicted octanol–water partition coefficient (Wildman–Crippen LogP) is -2.28. The molecule has 3 heterocycles. The summed E-state index contributed by atoms with van der Waals surface area (Å²) < 4.78 is 0.177. The number of hydrazine groups is 2. The monoisotopic (exact) mass is 286 g/mol. The van der Waals surface area contributed by atoms with Crippen LogP contribution in [0.25, 0.3) is 0 Å². The van der Waals surface area contributed by atoms with Crippen LogP contribution in [0.3, 0.4) is 0 Å². The van der Waals surface area contributed by atoms with Gasteiger partial charge in [-0.1, -0.05) is 0 Å². The van der Waals surface area contributed by atoms with E-state index in [-0.39, 0.29) is 9.46 Å². The van der Waals surface area contributed by atoms with Gasteiger partial charge < -0.3 is 10.4 Å². The van der Waals surface area contributed by atoms with Gasteiger partial charge in [0.1, 0.15) is 0 Å². The van der Waals surface area contributed by atoms with Crippen molar-refractivity contribution in [3.8, 4) is 0 Å². The van der Waals surface area contributed by atoms with Crippen LogP contribution in [-0.2, 0) is 0 Å². The lowest BCUT2D eigenvalue weighted by molar-refractivity contribution is -0.642. The molecular weight excluding hydrogens is 280 g/mol. The Labute approximate surface area is 108 Å². The summed E-state index contributed by atoms with van der Waals surface area (Å²) in [5, 5.41) is 49.6. The number of rotatable bonds is 2. The molecule has 14 heteroatoms. The lowest BCUT2D eigenvalue weighted by Crippen LogP contribution is -2.46. The molecule has 0 spiro atoms. The molecule has 0 bridgehead atoms. The third-order valence-electron chi connectivity index (χ3n) is 2.89. The van der Waals surface area contributed by atoms with Crippen molar-refractivity contribution in [2.45, 2.75) is 0 Å². The topological polar surface area (TPSA) is 171 Å². The Kier molecular flexibility index (Phi) is 2.11. The van der Waals surface area contributed by atoms with Gasteiger partial charge in [-0.15, -0.1) is 0 Å². The Morgan fingerprint density at radius 1 is 0.900 bits per heavy atom. The molecule has 0 saturated heterocycles. The number of hydrogen-bond donors (Lipinski definition) is 2. The van der Waals surface area contributed by atoms with Crippen LogP contribution in [0.5, 0.6) is 0 Å². The van der Waals surface area contributed by atoms with Crippen LogP contribution < -0.4 is 30.1 Å². The van der Waals surface area contributed by atoms with E-state index < -0.39 is 46.7 Å². The van der Waals surface area contributed by atoms with E-state index in [1.165, 1.54) is 0 Å². The number of nitrogens with zero attached hydrogens (tertiary/aromatic N) is 6. The molecule has 0 amide bonds. The van der Waals surface area contributed by atoms with Gasteiger partial charge in [-0.2, -0.15) is 0 Å². The number of anilines is 4. The molecule has 3 rings (SSSR count). The van der Waals surface area contributed by atoms with E-state index in [0.717, 1.165) is 0 Å². The first kappa shape index (κ1) is 11.8. The summed E-state index contributed by atoms with van der Waals surface area (Å²) in [6.07, 6.45) is 0. The maximum Gasteiger partial charge on any atom is 0.367 e. The van der Waals surface area contributed by atoms with Gasteiger partial charge in [-0.25, -0.2) is 29.7 Å². The molecular formula is C6H6N8O6. The van der Waals surface area contributed by atoms with E-state index in [9.17, 15) is 30.6 Å². The lowest BCUT2D eigenvalue weighted by Gasteiger charge is -2.16. The highest BCUT2D eigenvalue weighted by atomic mass is 16.7. The van der Waals surface area contributed by atoms with Gasteiger partial charge in [0.15, 0.2) is 0 Å². The van der Waals surface area contributed by atoms with Crippen LogP contribution in [-0.4, -0.2) is 23.4 Å². The maximum atomic E-state index is 12.1. The summed E-state index contributed by atoms with van der Waals surface area (Å²) in [6.45, 7) is -0.789. The van der Waals surface area contributed by atoms with Crippen molar-refractivity contribution in [1.82, 2.24) is 0 Å². The van der Waals surface area contributed by atoms with E-state index in [1.54, 1.807) is 0 Å². The van der Waals surface area contributed by atoms with Gasteiger partial charge >= 0.3 is 23.3 Å². The molecule has 0 radical (unpaired) electrons. The summed E-state index contributed by atoms with van der Waals surface area (Å²) in [5.41, 5.74) is 0. The first-order valence-corrected chi connectivity index (χ1v) is 5.18. The zero-order valence-corrected chi connectivity index (χ0v) is 9.55. The van der Waals surface area contributed by atoms with Crippen molar-refractivity contribution in [3.05, 3.63) is 30.6 Å². The van der Waals surface area contributed by atoms with E-state index in [0.29, 0.717) is 10.0 Å². The molecule has 14 nitrogen and oxygen atoms in total. The third kappa shape index (κ3) is 1.26. The van der Waals surface area contributed by atoms with Crippen LogP contribution in [0, 0.1) is 30.6 Å². The second-order valence-electron chi connectivity index (χ2n) is 3.88. The van der Waals surface area contributed by atoms with Crippen LogP contribution in [0.4, 0.5) is 23.3 Å². The molecule has 0 atom stereocenters. The normalized spacial score (nSPS) is 15.4. The van der Waals surface area contributed by atoms with Gasteiger partial charge in [0.25, 0.3) is 0 Å². The van der Waals surface area contributed by atoms with E-state index >= 15 is 0 Å². The Balaban J connectivity index is 2.24. The number of fused-ring (bicyclic) bond motifs is 2. The van der Waals surface area contributed by atoms with Crippen molar-refractivity contribution < 1.29 is 19.5 Å². The summed E-state index contributed by atoms with van der Waals surface area (Å²) in [7, 11) is 0.